The maximum absolute atomic E-state index is 8.89. The molecule has 2 aliphatic rings. The zero-order valence-electron chi connectivity index (χ0n) is 26.8. The van der Waals surface area contributed by atoms with Gasteiger partial charge in [-0.15, -0.1) is 0 Å². The summed E-state index contributed by atoms with van der Waals surface area (Å²) in [6.45, 7) is 10.7. The second-order valence-corrected chi connectivity index (χ2v) is 8.19. The predicted octanol–water partition coefficient (Wildman–Crippen LogP) is -2.40. The molecular formula is C28H34Cu2N10O8. The third-order valence-electron chi connectivity index (χ3n) is 4.43. The predicted molar refractivity (Wildman–Crippen MR) is 152 cm³/mol. The number of carbonyl (C=O) groups is 4. The standard InChI is InChI=1S/2C8H8N4.2C2H3N.4C2H4O2.2Cu/c2*1-3-11-5-6-12-4-2-10-8(12)7(11)9-1;2*1-2-3;4*1-2(3)4;;/h2*1-4H,5-6H2;2*1H3;4*1H3,(H,3,4);;/q;;;;;;;;2*+2/p-4. The van der Waals surface area contributed by atoms with Crippen LogP contribution in [0.1, 0.15) is 41.5 Å². The summed E-state index contributed by atoms with van der Waals surface area (Å²) in [4.78, 5) is 52.6. The van der Waals surface area contributed by atoms with E-state index in [4.69, 9.17) is 50.1 Å². The fraction of sp³-hybridized carbons (Fsp3) is 0.357. The molecule has 4 aromatic heterocycles. The van der Waals surface area contributed by atoms with Gasteiger partial charge in [0.15, 0.2) is 23.3 Å². The molecule has 0 aromatic carbocycles. The normalized spacial score (nSPS) is 9.42. The van der Waals surface area contributed by atoms with Crippen molar-refractivity contribution in [2.75, 3.05) is 0 Å². The number of nitriles is 2. The van der Waals surface area contributed by atoms with Crippen molar-refractivity contribution in [2.45, 2.75) is 67.7 Å². The molecule has 48 heavy (non-hydrogen) atoms. The molecule has 266 valence electrons. The Bertz CT molecular complexity index is 1350. The van der Waals surface area contributed by atoms with Crippen LogP contribution >= 0.6 is 0 Å². The van der Waals surface area contributed by atoms with Crippen LogP contribution in [-0.4, -0.2) is 62.1 Å². The maximum Gasteiger partial charge on any atom is 2.00 e. The van der Waals surface area contributed by atoms with Crippen molar-refractivity contribution in [1.82, 2.24) is 38.2 Å². The fourth-order valence-corrected chi connectivity index (χ4v) is 3.21. The summed E-state index contributed by atoms with van der Waals surface area (Å²) in [5, 5.41) is 50.2. The topological polar surface area (TPSA) is 279 Å². The van der Waals surface area contributed by atoms with Crippen LogP contribution in [0.5, 0.6) is 0 Å². The average Bonchev–Trinajstić information content (AvgIpc) is 3.74. The van der Waals surface area contributed by atoms with E-state index in [0.29, 0.717) is 0 Å². The molecular weight excluding hydrogens is 731 g/mol. The Morgan fingerprint density at radius 2 is 0.646 bits per heavy atom. The number of hydrogen-bond acceptors (Lipinski definition) is 14. The van der Waals surface area contributed by atoms with Crippen molar-refractivity contribution in [3.8, 4) is 35.4 Å². The molecule has 4 aromatic rings. The number of rotatable bonds is 0. The van der Waals surface area contributed by atoms with E-state index in [-0.39, 0.29) is 34.1 Å². The van der Waals surface area contributed by atoms with Gasteiger partial charge in [-0.1, -0.05) is 0 Å². The van der Waals surface area contributed by atoms with E-state index in [1.807, 2.05) is 49.6 Å². The number of carboxylic acids is 4. The number of hydrogen-bond donors (Lipinski definition) is 0. The van der Waals surface area contributed by atoms with Gasteiger partial charge in [0.2, 0.25) is 0 Å². The van der Waals surface area contributed by atoms with Gasteiger partial charge in [0.1, 0.15) is 0 Å². The molecule has 0 fully saturated rings. The molecule has 6 heterocycles. The minimum absolute atomic E-state index is 0. The van der Waals surface area contributed by atoms with E-state index in [0.717, 1.165) is 77.2 Å². The number of imidazole rings is 4. The maximum atomic E-state index is 8.89. The van der Waals surface area contributed by atoms with Gasteiger partial charge >= 0.3 is 34.1 Å². The zero-order chi connectivity index (χ0) is 35.7. The second kappa shape index (κ2) is 29.2. The summed E-state index contributed by atoms with van der Waals surface area (Å²) in [6, 6.07) is 3.50. The van der Waals surface area contributed by atoms with Crippen molar-refractivity contribution >= 4 is 23.9 Å². The largest absolute Gasteiger partial charge is 2.00 e. The van der Waals surface area contributed by atoms with E-state index in [1.165, 1.54) is 13.8 Å². The molecule has 2 radical (unpaired) electrons. The Kier molecular flexibility index (Phi) is 30.1. The van der Waals surface area contributed by atoms with Gasteiger partial charge in [0.05, 0.1) is 12.1 Å². The molecule has 0 aliphatic carbocycles. The SMILES string of the molecule is CC#N.CC#N.CC(=O)[O-].CC(=O)[O-].CC(=O)[O-].CC(=O)[O-].[Cu+2].[Cu+2].c1cn2c(n1)-c1nccn1CC2.c1cn2c(n1)-c1nccn1CC2. The van der Waals surface area contributed by atoms with Gasteiger partial charge in [0.25, 0.3) is 0 Å². The third kappa shape index (κ3) is 23.1. The quantitative estimate of drug-likeness (QED) is 0.169. The van der Waals surface area contributed by atoms with Crippen LogP contribution in [-0.2, 0) is 79.5 Å². The van der Waals surface area contributed by atoms with E-state index in [2.05, 4.69) is 38.2 Å². The number of fused-ring (bicyclic) bond motifs is 6. The number of aromatic nitrogens is 8. The number of carbonyl (C=O) groups excluding carboxylic acids is 4. The van der Waals surface area contributed by atoms with E-state index in [9.17, 15) is 0 Å². The van der Waals surface area contributed by atoms with Gasteiger partial charge in [-0.3, -0.25) is 0 Å². The van der Waals surface area contributed by atoms with Crippen LogP contribution in [0.2, 0.25) is 0 Å². The monoisotopic (exact) mass is 764 g/mol. The summed E-state index contributed by atoms with van der Waals surface area (Å²) < 4.78 is 8.51. The molecule has 2 aliphatic heterocycles. The Morgan fingerprint density at radius 3 is 0.771 bits per heavy atom. The second-order valence-electron chi connectivity index (χ2n) is 8.19. The molecule has 0 saturated heterocycles. The van der Waals surface area contributed by atoms with Crippen LogP contribution in [0.3, 0.4) is 0 Å². The molecule has 6 rings (SSSR count). The van der Waals surface area contributed by atoms with Crippen molar-refractivity contribution < 1.29 is 73.7 Å². The molecule has 0 saturated carbocycles. The van der Waals surface area contributed by atoms with Crippen LogP contribution in [0.25, 0.3) is 23.3 Å². The number of nitrogens with zero attached hydrogens (tertiary/aromatic N) is 10. The molecule has 18 nitrogen and oxygen atoms in total. The molecule has 0 amide bonds. The van der Waals surface area contributed by atoms with Gasteiger partial charge in [-0.05, 0) is 27.7 Å². The van der Waals surface area contributed by atoms with Crippen LogP contribution in [0.15, 0.2) is 49.6 Å². The number of aliphatic carboxylic acids is 4. The van der Waals surface area contributed by atoms with Crippen LogP contribution < -0.4 is 20.4 Å². The molecule has 0 unspecified atom stereocenters. The van der Waals surface area contributed by atoms with E-state index >= 15 is 0 Å². The first-order chi connectivity index (χ1) is 21.7. The molecule has 0 atom stereocenters. The first-order valence-electron chi connectivity index (χ1n) is 13.0. The first-order valence-corrected chi connectivity index (χ1v) is 13.0. The van der Waals surface area contributed by atoms with Crippen LogP contribution in [0.4, 0.5) is 0 Å². The summed E-state index contributed by atoms with van der Waals surface area (Å²) in [5.41, 5.74) is 0. The number of aryl methyl sites for hydroxylation is 4. The van der Waals surface area contributed by atoms with Gasteiger partial charge in [-0.2, -0.15) is 10.5 Å². The van der Waals surface area contributed by atoms with Gasteiger partial charge < -0.3 is 57.9 Å². The summed E-state index contributed by atoms with van der Waals surface area (Å²) in [7, 11) is 0. The zero-order valence-corrected chi connectivity index (χ0v) is 28.7. The summed E-state index contributed by atoms with van der Waals surface area (Å²) in [6.07, 6.45) is 15.3. The van der Waals surface area contributed by atoms with Crippen LogP contribution in [0, 0.1) is 22.7 Å². The molecule has 0 spiro atoms. The van der Waals surface area contributed by atoms with Gasteiger partial charge in [0, 0.05) is 113 Å². The van der Waals surface area contributed by atoms with Crippen molar-refractivity contribution in [3.63, 3.8) is 0 Å². The fourth-order valence-electron chi connectivity index (χ4n) is 3.21. The van der Waals surface area contributed by atoms with Crippen molar-refractivity contribution in [1.29, 1.82) is 10.5 Å². The Balaban J connectivity index is -0.000000251. The number of carboxylic acid groups (broad SMARTS) is 4. The summed E-state index contributed by atoms with van der Waals surface area (Å²) >= 11 is 0. The molecule has 20 heteroatoms. The Labute approximate surface area is 298 Å². The smallest absolute Gasteiger partial charge is 0.550 e. The Morgan fingerprint density at radius 1 is 0.521 bits per heavy atom. The summed E-state index contributed by atoms with van der Waals surface area (Å²) in [5.74, 6) is -0.421. The molecule has 0 N–H and O–H groups in total. The third-order valence-corrected chi connectivity index (χ3v) is 4.43. The minimum atomic E-state index is -1.08. The van der Waals surface area contributed by atoms with E-state index < -0.39 is 23.9 Å². The minimum Gasteiger partial charge on any atom is -0.550 e. The van der Waals surface area contributed by atoms with Crippen molar-refractivity contribution in [3.05, 3.63) is 49.6 Å². The Hall–Kier alpha value is -5.26. The van der Waals surface area contributed by atoms with Gasteiger partial charge in [-0.25, -0.2) is 19.9 Å². The first kappa shape index (κ1) is 49.6. The average molecular weight is 766 g/mol. The van der Waals surface area contributed by atoms with E-state index in [1.54, 1.807) is 12.1 Å². The molecule has 0 bridgehead atoms. The van der Waals surface area contributed by atoms with Crippen molar-refractivity contribution in [2.24, 2.45) is 0 Å².